The highest BCUT2D eigenvalue weighted by Crippen LogP contribution is 2.07. The second-order valence-electron chi connectivity index (χ2n) is 4.40. The van der Waals surface area contributed by atoms with Gasteiger partial charge in [0.05, 0.1) is 0 Å². The Morgan fingerprint density at radius 3 is 2.65 bits per heavy atom. The molecule has 2 unspecified atom stereocenters. The molecule has 1 heterocycles. The Kier molecular flexibility index (Phi) is 5.10. The molecule has 1 rings (SSSR count). The average Bonchev–Trinajstić information content (AvgIpc) is 2.37. The Hall–Kier alpha value is -1.42. The molecule has 0 bridgehead atoms. The maximum absolute atomic E-state index is 11.9. The lowest BCUT2D eigenvalue weighted by molar-refractivity contribution is 0.0923. The Morgan fingerprint density at radius 1 is 1.47 bits per heavy atom. The summed E-state index contributed by atoms with van der Waals surface area (Å²) in [6.45, 7) is 6.69. The zero-order chi connectivity index (χ0) is 12.8. The number of hydrogen-bond donors (Lipinski definition) is 2. The van der Waals surface area contributed by atoms with Crippen LogP contribution < -0.4 is 11.1 Å². The van der Waals surface area contributed by atoms with E-state index in [1.54, 1.807) is 12.3 Å². The molecule has 4 nitrogen and oxygen atoms in total. The third-order valence-electron chi connectivity index (χ3n) is 3.15. The van der Waals surface area contributed by atoms with E-state index in [4.69, 9.17) is 5.73 Å². The van der Waals surface area contributed by atoms with Crippen LogP contribution >= 0.6 is 0 Å². The van der Waals surface area contributed by atoms with Gasteiger partial charge in [0, 0.05) is 18.8 Å². The number of rotatable bonds is 5. The Balaban J connectivity index is 2.63. The zero-order valence-electron chi connectivity index (χ0n) is 10.7. The molecule has 1 aromatic heterocycles. The van der Waals surface area contributed by atoms with Gasteiger partial charge in [-0.15, -0.1) is 0 Å². The number of nitrogens with one attached hydrogen (secondary N) is 1. The molecule has 0 aliphatic carbocycles. The smallest absolute Gasteiger partial charge is 0.270 e. The predicted molar refractivity (Wildman–Crippen MR) is 68.5 cm³/mol. The van der Waals surface area contributed by atoms with Gasteiger partial charge in [-0.2, -0.15) is 0 Å². The third kappa shape index (κ3) is 3.82. The van der Waals surface area contributed by atoms with Gasteiger partial charge in [0.15, 0.2) is 0 Å². The molecule has 0 saturated carbocycles. The van der Waals surface area contributed by atoms with Gasteiger partial charge in [-0.1, -0.05) is 26.3 Å². The van der Waals surface area contributed by atoms with Gasteiger partial charge in [0.1, 0.15) is 5.69 Å². The van der Waals surface area contributed by atoms with Gasteiger partial charge < -0.3 is 11.1 Å². The number of carbonyl (C=O) groups excluding carboxylic acids is 1. The summed E-state index contributed by atoms with van der Waals surface area (Å²) in [4.78, 5) is 16.0. The molecule has 94 valence electrons. The molecule has 1 amide bonds. The fourth-order valence-electron chi connectivity index (χ4n) is 1.46. The normalized spacial score (nSPS) is 14.1. The van der Waals surface area contributed by atoms with Gasteiger partial charge >= 0.3 is 0 Å². The van der Waals surface area contributed by atoms with Crippen molar-refractivity contribution in [3.8, 4) is 0 Å². The van der Waals surface area contributed by atoms with Crippen molar-refractivity contribution in [2.24, 2.45) is 11.7 Å². The number of aromatic nitrogens is 1. The molecule has 3 N–H and O–H groups in total. The average molecular weight is 235 g/mol. The third-order valence-corrected chi connectivity index (χ3v) is 3.15. The van der Waals surface area contributed by atoms with Crippen LogP contribution in [0.2, 0.25) is 0 Å². The molecule has 17 heavy (non-hydrogen) atoms. The van der Waals surface area contributed by atoms with Crippen molar-refractivity contribution in [2.75, 3.05) is 0 Å². The van der Waals surface area contributed by atoms with E-state index in [0.717, 1.165) is 12.0 Å². The zero-order valence-corrected chi connectivity index (χ0v) is 10.7. The minimum Gasteiger partial charge on any atom is -0.348 e. The minimum absolute atomic E-state index is 0.124. The van der Waals surface area contributed by atoms with E-state index in [-0.39, 0.29) is 11.9 Å². The predicted octanol–water partition coefficient (Wildman–Crippen LogP) is 1.70. The first-order valence-electron chi connectivity index (χ1n) is 6.04. The van der Waals surface area contributed by atoms with Gasteiger partial charge in [0.2, 0.25) is 0 Å². The van der Waals surface area contributed by atoms with Crippen LogP contribution in [0.25, 0.3) is 0 Å². The van der Waals surface area contributed by atoms with Crippen LogP contribution in [-0.4, -0.2) is 16.9 Å². The topological polar surface area (TPSA) is 68.0 Å². The van der Waals surface area contributed by atoms with Gasteiger partial charge in [-0.25, -0.2) is 0 Å². The lowest BCUT2D eigenvalue weighted by Crippen LogP contribution is -2.37. The first-order valence-corrected chi connectivity index (χ1v) is 6.04. The molecule has 0 aliphatic heterocycles. The van der Waals surface area contributed by atoms with E-state index < -0.39 is 0 Å². The minimum atomic E-state index is -0.124. The SMILES string of the molecule is CCC(C)C(C)NC(=O)c1ccc(CN)cn1. The van der Waals surface area contributed by atoms with Crippen molar-refractivity contribution >= 4 is 5.91 Å². The summed E-state index contributed by atoms with van der Waals surface area (Å²) in [6, 6.07) is 3.69. The standard InChI is InChI=1S/C13H21N3O/c1-4-9(2)10(3)16-13(17)12-6-5-11(7-14)8-15-12/h5-6,8-10H,4,7,14H2,1-3H3,(H,16,17). The van der Waals surface area contributed by atoms with E-state index in [0.29, 0.717) is 18.2 Å². The number of nitrogens with zero attached hydrogens (tertiary/aromatic N) is 1. The van der Waals surface area contributed by atoms with E-state index >= 15 is 0 Å². The number of amides is 1. The monoisotopic (exact) mass is 235 g/mol. The molecule has 1 aromatic rings. The fraction of sp³-hybridized carbons (Fsp3) is 0.538. The van der Waals surface area contributed by atoms with Crippen molar-refractivity contribution in [3.63, 3.8) is 0 Å². The van der Waals surface area contributed by atoms with Crippen molar-refractivity contribution in [3.05, 3.63) is 29.6 Å². The molecule has 0 spiro atoms. The van der Waals surface area contributed by atoms with Crippen molar-refractivity contribution < 1.29 is 4.79 Å². The summed E-state index contributed by atoms with van der Waals surface area (Å²) < 4.78 is 0. The summed E-state index contributed by atoms with van der Waals surface area (Å²) in [5.74, 6) is 0.337. The van der Waals surface area contributed by atoms with Crippen LogP contribution in [0.1, 0.15) is 43.2 Å². The molecule has 4 heteroatoms. The van der Waals surface area contributed by atoms with Crippen LogP contribution in [0.5, 0.6) is 0 Å². The molecule has 0 radical (unpaired) electrons. The van der Waals surface area contributed by atoms with Crippen LogP contribution in [0.4, 0.5) is 0 Å². The van der Waals surface area contributed by atoms with E-state index in [9.17, 15) is 4.79 Å². The summed E-state index contributed by atoms with van der Waals surface area (Å²) in [5, 5.41) is 2.95. The van der Waals surface area contributed by atoms with Crippen LogP contribution in [-0.2, 0) is 6.54 Å². The first kappa shape index (κ1) is 13.6. The number of nitrogens with two attached hydrogens (primary N) is 1. The molecular weight excluding hydrogens is 214 g/mol. The number of pyridine rings is 1. The maximum Gasteiger partial charge on any atom is 0.270 e. The molecule has 0 saturated heterocycles. The van der Waals surface area contributed by atoms with Crippen LogP contribution in [0.3, 0.4) is 0 Å². The largest absolute Gasteiger partial charge is 0.348 e. The lowest BCUT2D eigenvalue weighted by atomic mass is 10.0. The molecule has 0 aromatic carbocycles. The maximum atomic E-state index is 11.9. The van der Waals surface area contributed by atoms with Gasteiger partial charge in [-0.05, 0) is 24.5 Å². The molecular formula is C13H21N3O. The number of hydrogen-bond acceptors (Lipinski definition) is 3. The van der Waals surface area contributed by atoms with E-state index in [1.807, 2.05) is 13.0 Å². The van der Waals surface area contributed by atoms with Crippen molar-refractivity contribution in [1.82, 2.24) is 10.3 Å². The first-order chi connectivity index (χ1) is 8.08. The number of carbonyl (C=O) groups is 1. The summed E-state index contributed by atoms with van der Waals surface area (Å²) in [5.41, 5.74) is 6.84. The molecule has 2 atom stereocenters. The highest BCUT2D eigenvalue weighted by Gasteiger charge is 2.14. The second kappa shape index (κ2) is 6.35. The summed E-state index contributed by atoms with van der Waals surface area (Å²) in [7, 11) is 0. The van der Waals surface area contributed by atoms with E-state index in [2.05, 4.69) is 24.1 Å². The molecule has 0 fully saturated rings. The van der Waals surface area contributed by atoms with E-state index in [1.165, 1.54) is 0 Å². The Labute approximate surface area is 103 Å². The second-order valence-corrected chi connectivity index (χ2v) is 4.40. The summed E-state index contributed by atoms with van der Waals surface area (Å²) in [6.07, 6.45) is 2.68. The highest BCUT2D eigenvalue weighted by molar-refractivity contribution is 5.92. The Bertz CT molecular complexity index is 361. The van der Waals surface area contributed by atoms with Gasteiger partial charge in [0.25, 0.3) is 5.91 Å². The highest BCUT2D eigenvalue weighted by atomic mass is 16.1. The summed E-state index contributed by atoms with van der Waals surface area (Å²) >= 11 is 0. The van der Waals surface area contributed by atoms with Gasteiger partial charge in [-0.3, -0.25) is 9.78 Å². The molecule has 0 aliphatic rings. The Morgan fingerprint density at radius 2 is 2.18 bits per heavy atom. The fourth-order valence-corrected chi connectivity index (χ4v) is 1.46. The van der Waals surface area contributed by atoms with Crippen molar-refractivity contribution in [2.45, 2.75) is 39.8 Å². The quantitative estimate of drug-likeness (QED) is 0.816. The lowest BCUT2D eigenvalue weighted by Gasteiger charge is -2.19. The van der Waals surface area contributed by atoms with Crippen LogP contribution in [0, 0.1) is 5.92 Å². The van der Waals surface area contributed by atoms with Crippen LogP contribution in [0.15, 0.2) is 18.3 Å². The van der Waals surface area contributed by atoms with Crippen molar-refractivity contribution in [1.29, 1.82) is 0 Å².